The highest BCUT2D eigenvalue weighted by atomic mass is 16.5. The molecule has 0 radical (unpaired) electrons. The number of hydrogen-bond acceptors (Lipinski definition) is 4. The van der Waals surface area contributed by atoms with E-state index in [0.29, 0.717) is 23.9 Å². The Morgan fingerprint density at radius 2 is 1.68 bits per heavy atom. The number of nitrogens with one attached hydrogen (secondary N) is 1. The lowest BCUT2D eigenvalue weighted by Crippen LogP contribution is -2.26. The van der Waals surface area contributed by atoms with E-state index in [-0.39, 0.29) is 18.3 Å². The molecule has 1 aromatic heterocycles. The monoisotopic (exact) mass is 451 g/mol. The van der Waals surface area contributed by atoms with Crippen molar-refractivity contribution in [3.05, 3.63) is 95.2 Å². The van der Waals surface area contributed by atoms with Crippen molar-refractivity contribution < 1.29 is 23.8 Å². The second kappa shape index (κ2) is 9.16. The van der Waals surface area contributed by atoms with Gasteiger partial charge in [-0.3, -0.25) is 0 Å². The third-order valence-electron chi connectivity index (χ3n) is 5.82. The van der Waals surface area contributed by atoms with Crippen molar-refractivity contribution in [2.45, 2.75) is 12.3 Å². The van der Waals surface area contributed by atoms with Crippen LogP contribution < -0.4 is 5.32 Å². The van der Waals surface area contributed by atoms with Gasteiger partial charge in [-0.05, 0) is 46.5 Å². The Hall–Kier alpha value is -4.50. The summed E-state index contributed by atoms with van der Waals surface area (Å²) in [5.41, 5.74) is 5.97. The number of carboxylic acid groups (broad SMARTS) is 1. The predicted octanol–water partition coefficient (Wildman–Crippen LogP) is 5.41. The van der Waals surface area contributed by atoms with Crippen LogP contribution in [0.3, 0.4) is 0 Å². The number of aromatic carboxylic acids is 1. The number of amides is 1. The van der Waals surface area contributed by atoms with Gasteiger partial charge in [-0.1, -0.05) is 60.4 Å². The van der Waals surface area contributed by atoms with Crippen LogP contribution in [0, 0.1) is 11.8 Å². The highest BCUT2D eigenvalue weighted by Gasteiger charge is 2.28. The molecular weight excluding hydrogens is 430 g/mol. The van der Waals surface area contributed by atoms with Gasteiger partial charge in [0.2, 0.25) is 5.76 Å². The molecule has 1 aliphatic carbocycles. The molecule has 1 aliphatic rings. The standard InChI is InChI=1S/C28H21NO5/c30-27(31)26-16-19-15-18(12-13-25(19)34-26)7-5-6-14-29-28(32)33-17-24-22-10-3-1-8-20(22)21-9-2-4-11-23(21)24/h1-4,8-13,15-16,24H,6,14,17H2,(H,29,32)(H,30,31). The van der Waals surface area contributed by atoms with E-state index in [1.54, 1.807) is 18.2 Å². The van der Waals surface area contributed by atoms with Crippen molar-refractivity contribution in [2.24, 2.45) is 0 Å². The fourth-order valence-electron chi connectivity index (χ4n) is 4.27. The van der Waals surface area contributed by atoms with Gasteiger partial charge in [0, 0.05) is 29.8 Å². The molecule has 1 amide bonds. The number of carbonyl (C=O) groups is 2. The van der Waals surface area contributed by atoms with Gasteiger partial charge in [-0.15, -0.1) is 0 Å². The van der Waals surface area contributed by atoms with Crippen LogP contribution in [0.5, 0.6) is 0 Å². The number of benzene rings is 3. The summed E-state index contributed by atoms with van der Waals surface area (Å²) in [4.78, 5) is 23.2. The summed E-state index contributed by atoms with van der Waals surface area (Å²) in [5.74, 6) is 4.84. The van der Waals surface area contributed by atoms with E-state index in [1.165, 1.54) is 28.3 Å². The van der Waals surface area contributed by atoms with Crippen molar-refractivity contribution >= 4 is 23.0 Å². The predicted molar refractivity (Wildman–Crippen MR) is 128 cm³/mol. The van der Waals surface area contributed by atoms with Gasteiger partial charge in [-0.25, -0.2) is 9.59 Å². The van der Waals surface area contributed by atoms with Crippen LogP contribution in [-0.4, -0.2) is 30.3 Å². The number of carboxylic acids is 1. The first-order valence-electron chi connectivity index (χ1n) is 10.9. The summed E-state index contributed by atoms with van der Waals surface area (Å²) in [6.07, 6.45) is -0.0155. The number of rotatable bonds is 5. The summed E-state index contributed by atoms with van der Waals surface area (Å²) in [5, 5.41) is 12.4. The van der Waals surface area contributed by atoms with Crippen LogP contribution in [0.2, 0.25) is 0 Å². The zero-order valence-electron chi connectivity index (χ0n) is 18.2. The smallest absolute Gasteiger partial charge is 0.407 e. The topological polar surface area (TPSA) is 88.8 Å². The second-order valence-electron chi connectivity index (χ2n) is 7.97. The molecule has 2 N–H and O–H groups in total. The van der Waals surface area contributed by atoms with E-state index >= 15 is 0 Å². The molecule has 0 saturated heterocycles. The van der Waals surface area contributed by atoms with E-state index in [9.17, 15) is 9.59 Å². The minimum Gasteiger partial charge on any atom is -0.475 e. The fraction of sp³-hybridized carbons (Fsp3) is 0.143. The second-order valence-corrected chi connectivity index (χ2v) is 7.97. The Labute approximate surface area is 196 Å². The van der Waals surface area contributed by atoms with Crippen LogP contribution in [0.25, 0.3) is 22.1 Å². The van der Waals surface area contributed by atoms with E-state index in [2.05, 4.69) is 41.4 Å². The average Bonchev–Trinajstić information content (AvgIpc) is 3.42. The molecule has 34 heavy (non-hydrogen) atoms. The molecule has 0 spiro atoms. The summed E-state index contributed by atoms with van der Waals surface area (Å²) in [6.45, 7) is 0.634. The SMILES string of the molecule is O=C(NCCC#Cc1ccc2oc(C(=O)O)cc2c1)OCC1c2ccccc2-c2ccccc21. The molecule has 6 heteroatoms. The maximum absolute atomic E-state index is 12.2. The highest BCUT2D eigenvalue weighted by molar-refractivity contribution is 5.91. The van der Waals surface area contributed by atoms with Gasteiger partial charge in [0.15, 0.2) is 0 Å². The number of furan rings is 1. The number of hydrogen-bond donors (Lipinski definition) is 2. The Kier molecular flexibility index (Phi) is 5.75. The van der Waals surface area contributed by atoms with Crippen molar-refractivity contribution in [2.75, 3.05) is 13.2 Å². The van der Waals surface area contributed by atoms with E-state index < -0.39 is 12.1 Å². The first kappa shape index (κ1) is 21.4. The lowest BCUT2D eigenvalue weighted by atomic mass is 9.98. The van der Waals surface area contributed by atoms with E-state index in [4.69, 9.17) is 14.3 Å². The van der Waals surface area contributed by atoms with Crippen LogP contribution in [0.4, 0.5) is 4.79 Å². The van der Waals surface area contributed by atoms with Crippen LogP contribution in [0.15, 0.2) is 77.2 Å². The Balaban J connectivity index is 1.13. The summed E-state index contributed by atoms with van der Waals surface area (Å²) >= 11 is 0. The van der Waals surface area contributed by atoms with Gasteiger partial charge < -0.3 is 19.6 Å². The molecule has 0 fully saturated rings. The highest BCUT2D eigenvalue weighted by Crippen LogP contribution is 2.44. The maximum atomic E-state index is 12.2. The summed E-state index contributed by atoms with van der Waals surface area (Å²) in [6, 6.07) is 23.1. The van der Waals surface area contributed by atoms with Crippen molar-refractivity contribution in [3.63, 3.8) is 0 Å². The van der Waals surface area contributed by atoms with Gasteiger partial charge >= 0.3 is 12.1 Å². The average molecular weight is 451 g/mol. The number of fused-ring (bicyclic) bond motifs is 4. The van der Waals surface area contributed by atoms with Crippen molar-refractivity contribution in [1.29, 1.82) is 0 Å². The quantitative estimate of drug-likeness (QED) is 0.313. The molecule has 0 aliphatic heterocycles. The lowest BCUT2D eigenvalue weighted by molar-refractivity contribution is 0.0665. The molecule has 4 aromatic rings. The van der Waals surface area contributed by atoms with Crippen LogP contribution in [0.1, 0.15) is 39.6 Å². The summed E-state index contributed by atoms with van der Waals surface area (Å²) < 4.78 is 10.8. The van der Waals surface area contributed by atoms with E-state index in [0.717, 1.165) is 5.56 Å². The van der Waals surface area contributed by atoms with Crippen LogP contribution >= 0.6 is 0 Å². The number of ether oxygens (including phenoxy) is 1. The number of carbonyl (C=O) groups excluding carboxylic acids is 1. The van der Waals surface area contributed by atoms with Gasteiger partial charge in [0.25, 0.3) is 0 Å². The minimum absolute atomic E-state index is 0.0254. The largest absolute Gasteiger partial charge is 0.475 e. The minimum atomic E-state index is -1.11. The first-order valence-corrected chi connectivity index (χ1v) is 10.9. The lowest BCUT2D eigenvalue weighted by Gasteiger charge is -2.14. The Bertz CT molecular complexity index is 1410. The zero-order valence-corrected chi connectivity index (χ0v) is 18.2. The zero-order chi connectivity index (χ0) is 23.5. The van der Waals surface area contributed by atoms with Gasteiger partial charge in [0.1, 0.15) is 12.2 Å². The molecular formula is C28H21NO5. The van der Waals surface area contributed by atoms with Crippen molar-refractivity contribution in [1.82, 2.24) is 5.32 Å². The van der Waals surface area contributed by atoms with Crippen LogP contribution in [-0.2, 0) is 4.74 Å². The third-order valence-corrected chi connectivity index (χ3v) is 5.82. The normalized spacial score (nSPS) is 11.9. The molecule has 1 heterocycles. The third kappa shape index (κ3) is 4.24. The first-order chi connectivity index (χ1) is 16.6. The molecule has 0 unspecified atom stereocenters. The molecule has 0 saturated carbocycles. The molecule has 5 rings (SSSR count). The molecule has 168 valence electrons. The van der Waals surface area contributed by atoms with Gasteiger partial charge in [-0.2, -0.15) is 0 Å². The number of alkyl carbamates (subject to hydrolysis) is 1. The summed E-state index contributed by atoms with van der Waals surface area (Å²) in [7, 11) is 0. The molecule has 3 aromatic carbocycles. The Morgan fingerprint density at radius 3 is 2.38 bits per heavy atom. The van der Waals surface area contributed by atoms with E-state index in [1.807, 2.05) is 24.3 Å². The van der Waals surface area contributed by atoms with Crippen molar-refractivity contribution in [3.8, 4) is 23.0 Å². The molecule has 0 atom stereocenters. The fourth-order valence-corrected chi connectivity index (χ4v) is 4.27. The Morgan fingerprint density at radius 1 is 0.971 bits per heavy atom. The maximum Gasteiger partial charge on any atom is 0.407 e. The molecule has 6 nitrogen and oxygen atoms in total. The van der Waals surface area contributed by atoms with Gasteiger partial charge in [0.05, 0.1) is 0 Å². The molecule has 0 bridgehead atoms.